The summed E-state index contributed by atoms with van der Waals surface area (Å²) in [6, 6.07) is 0. The minimum absolute atomic E-state index is 0.213. The van der Waals surface area contributed by atoms with Gasteiger partial charge in [-0.05, 0) is 32.2 Å². The first-order chi connectivity index (χ1) is 8.15. The highest BCUT2D eigenvalue weighted by atomic mass is 16.5. The molecule has 4 heteroatoms. The van der Waals surface area contributed by atoms with E-state index in [4.69, 9.17) is 9.84 Å². The van der Waals surface area contributed by atoms with Crippen LogP contribution < -0.4 is 5.32 Å². The molecule has 0 aromatic rings. The van der Waals surface area contributed by atoms with E-state index in [1.54, 1.807) is 6.92 Å². The van der Waals surface area contributed by atoms with E-state index in [0.29, 0.717) is 24.6 Å². The molecule has 0 amide bonds. The lowest BCUT2D eigenvalue weighted by Crippen LogP contribution is -2.27. The number of hydrogen-bond acceptors (Lipinski definition) is 4. The van der Waals surface area contributed by atoms with Gasteiger partial charge >= 0.3 is 5.97 Å². The summed E-state index contributed by atoms with van der Waals surface area (Å²) in [7, 11) is 0. The zero-order chi connectivity index (χ0) is 13.1. The minimum atomic E-state index is -0.339. The van der Waals surface area contributed by atoms with E-state index in [2.05, 4.69) is 18.8 Å². The van der Waals surface area contributed by atoms with Crippen molar-refractivity contribution in [3.63, 3.8) is 0 Å². The molecule has 2 N–H and O–H groups in total. The second-order valence-corrected chi connectivity index (χ2v) is 4.12. The molecular formula is C13H25NO3. The highest BCUT2D eigenvalue weighted by Gasteiger charge is 2.10. The van der Waals surface area contributed by atoms with E-state index in [9.17, 15) is 4.79 Å². The highest BCUT2D eigenvalue weighted by molar-refractivity contribution is 5.88. The summed E-state index contributed by atoms with van der Waals surface area (Å²) in [4.78, 5) is 11.3. The molecule has 0 aromatic carbocycles. The van der Waals surface area contributed by atoms with Crippen LogP contribution in [0.25, 0.3) is 0 Å². The van der Waals surface area contributed by atoms with Crippen LogP contribution in [-0.2, 0) is 9.53 Å². The number of carbonyl (C=O) groups is 1. The molecule has 4 nitrogen and oxygen atoms in total. The number of rotatable bonds is 10. The Balaban J connectivity index is 3.79. The number of carbonyl (C=O) groups excluding carboxylic acids is 1. The molecule has 0 aliphatic rings. The number of aliphatic hydroxyl groups is 1. The van der Waals surface area contributed by atoms with Crippen LogP contribution in [-0.4, -0.2) is 37.4 Å². The zero-order valence-corrected chi connectivity index (χ0v) is 11.0. The summed E-state index contributed by atoms with van der Waals surface area (Å²) in [6.07, 6.45) is 2.98. The van der Waals surface area contributed by atoms with Gasteiger partial charge < -0.3 is 15.2 Å². The summed E-state index contributed by atoms with van der Waals surface area (Å²) in [5, 5.41) is 12.1. The van der Waals surface area contributed by atoms with Crippen LogP contribution in [0.3, 0.4) is 0 Å². The second kappa shape index (κ2) is 10.3. The van der Waals surface area contributed by atoms with Crippen LogP contribution in [0.4, 0.5) is 0 Å². The first-order valence-electron chi connectivity index (χ1n) is 6.32. The van der Waals surface area contributed by atoms with E-state index in [1.165, 1.54) is 0 Å². The Labute approximate surface area is 104 Å². The SMILES string of the molecule is C=C(CNCC(CCC)CCO)C(=O)OCC. The van der Waals surface area contributed by atoms with Crippen molar-refractivity contribution < 1.29 is 14.6 Å². The van der Waals surface area contributed by atoms with Crippen molar-refractivity contribution in [1.29, 1.82) is 0 Å². The fraction of sp³-hybridized carbons (Fsp3) is 0.769. The largest absolute Gasteiger partial charge is 0.463 e. The van der Waals surface area contributed by atoms with Crippen molar-refractivity contribution in [2.45, 2.75) is 33.1 Å². The van der Waals surface area contributed by atoms with Gasteiger partial charge in [-0.1, -0.05) is 19.9 Å². The lowest BCUT2D eigenvalue weighted by molar-refractivity contribution is -0.138. The highest BCUT2D eigenvalue weighted by Crippen LogP contribution is 2.09. The number of esters is 1. The maximum Gasteiger partial charge on any atom is 0.334 e. The fourth-order valence-corrected chi connectivity index (χ4v) is 1.67. The molecule has 0 spiro atoms. The maximum absolute atomic E-state index is 11.3. The van der Waals surface area contributed by atoms with Crippen molar-refractivity contribution in [3.8, 4) is 0 Å². The van der Waals surface area contributed by atoms with Gasteiger partial charge in [0.15, 0.2) is 0 Å². The van der Waals surface area contributed by atoms with Crippen LogP contribution in [0.5, 0.6) is 0 Å². The average molecular weight is 243 g/mol. The third-order valence-electron chi connectivity index (χ3n) is 2.57. The molecule has 1 unspecified atom stereocenters. The first-order valence-corrected chi connectivity index (χ1v) is 6.32. The topological polar surface area (TPSA) is 58.6 Å². The molecule has 0 rings (SSSR count). The number of ether oxygens (including phenoxy) is 1. The molecule has 0 bridgehead atoms. The van der Waals surface area contributed by atoms with Crippen LogP contribution in [0, 0.1) is 5.92 Å². The Hall–Kier alpha value is -0.870. The predicted octanol–water partition coefficient (Wildman–Crippen LogP) is 1.49. The van der Waals surface area contributed by atoms with Crippen molar-refractivity contribution in [2.75, 3.05) is 26.3 Å². The normalized spacial score (nSPS) is 12.2. The molecule has 1 atom stereocenters. The molecular weight excluding hydrogens is 218 g/mol. The summed E-state index contributed by atoms with van der Waals surface area (Å²) >= 11 is 0. The average Bonchev–Trinajstić information content (AvgIpc) is 2.29. The predicted molar refractivity (Wildman–Crippen MR) is 68.7 cm³/mol. The molecule has 0 aliphatic heterocycles. The quantitative estimate of drug-likeness (QED) is 0.451. The Morgan fingerprint density at radius 2 is 2.12 bits per heavy atom. The van der Waals surface area contributed by atoms with E-state index in [1.807, 2.05) is 0 Å². The van der Waals surface area contributed by atoms with E-state index < -0.39 is 0 Å². The third-order valence-corrected chi connectivity index (χ3v) is 2.57. The molecule has 0 heterocycles. The zero-order valence-electron chi connectivity index (χ0n) is 11.0. The molecule has 0 saturated carbocycles. The van der Waals surface area contributed by atoms with Crippen LogP contribution in [0.1, 0.15) is 33.1 Å². The summed E-state index contributed by atoms with van der Waals surface area (Å²) < 4.78 is 4.84. The summed E-state index contributed by atoms with van der Waals surface area (Å²) in [6.45, 7) is 9.41. The summed E-state index contributed by atoms with van der Waals surface area (Å²) in [5.41, 5.74) is 0.450. The molecule has 0 aliphatic carbocycles. The lowest BCUT2D eigenvalue weighted by atomic mass is 10.0. The molecule has 0 saturated heterocycles. The number of nitrogens with one attached hydrogen (secondary N) is 1. The van der Waals surface area contributed by atoms with Crippen molar-refractivity contribution in [3.05, 3.63) is 12.2 Å². The smallest absolute Gasteiger partial charge is 0.334 e. The van der Waals surface area contributed by atoms with Gasteiger partial charge in [-0.25, -0.2) is 4.79 Å². The van der Waals surface area contributed by atoms with Crippen molar-refractivity contribution in [1.82, 2.24) is 5.32 Å². The van der Waals surface area contributed by atoms with Gasteiger partial charge in [0, 0.05) is 18.7 Å². The first kappa shape index (κ1) is 16.1. The second-order valence-electron chi connectivity index (χ2n) is 4.12. The fourth-order valence-electron chi connectivity index (χ4n) is 1.67. The van der Waals surface area contributed by atoms with Crippen LogP contribution in [0.15, 0.2) is 12.2 Å². The molecule has 0 radical (unpaired) electrons. The minimum Gasteiger partial charge on any atom is -0.463 e. The van der Waals surface area contributed by atoms with Gasteiger partial charge in [0.05, 0.1) is 6.61 Å². The molecule has 17 heavy (non-hydrogen) atoms. The van der Waals surface area contributed by atoms with Crippen molar-refractivity contribution >= 4 is 5.97 Å². The Morgan fingerprint density at radius 3 is 2.65 bits per heavy atom. The third kappa shape index (κ3) is 7.94. The molecule has 100 valence electrons. The van der Waals surface area contributed by atoms with Gasteiger partial charge in [0.2, 0.25) is 0 Å². The Bertz CT molecular complexity index is 223. The van der Waals surface area contributed by atoms with E-state index >= 15 is 0 Å². The van der Waals surface area contributed by atoms with Gasteiger partial charge in [-0.2, -0.15) is 0 Å². The van der Waals surface area contributed by atoms with Gasteiger partial charge in [-0.3, -0.25) is 0 Å². The van der Waals surface area contributed by atoms with Crippen molar-refractivity contribution in [2.24, 2.45) is 5.92 Å². The Morgan fingerprint density at radius 1 is 1.41 bits per heavy atom. The molecule has 0 fully saturated rings. The van der Waals surface area contributed by atoms with E-state index in [-0.39, 0.29) is 12.6 Å². The van der Waals surface area contributed by atoms with Crippen LogP contribution in [0.2, 0.25) is 0 Å². The lowest BCUT2D eigenvalue weighted by Gasteiger charge is -2.15. The van der Waals surface area contributed by atoms with Gasteiger partial charge in [0.1, 0.15) is 0 Å². The Kier molecular flexibility index (Phi) is 9.77. The van der Waals surface area contributed by atoms with E-state index in [0.717, 1.165) is 25.8 Å². The maximum atomic E-state index is 11.3. The monoisotopic (exact) mass is 243 g/mol. The molecule has 0 aromatic heterocycles. The van der Waals surface area contributed by atoms with Gasteiger partial charge in [-0.15, -0.1) is 0 Å². The number of hydrogen-bond donors (Lipinski definition) is 2. The summed E-state index contributed by atoms with van der Waals surface area (Å²) in [5.74, 6) is 0.120. The van der Waals surface area contributed by atoms with Crippen LogP contribution >= 0.6 is 0 Å². The number of aliphatic hydroxyl groups excluding tert-OH is 1. The standard InChI is InChI=1S/C13H25NO3/c1-4-6-12(7-8-15)10-14-9-11(3)13(16)17-5-2/h12,14-15H,3-10H2,1-2H3. The van der Waals surface area contributed by atoms with Gasteiger partial charge in [0.25, 0.3) is 0 Å².